The maximum absolute atomic E-state index is 5.77. The molecule has 1 saturated heterocycles. The third kappa shape index (κ3) is 14.4. The number of allylic oxidation sites excluding steroid dienone is 8. The SMILES string of the molecule is C/C(=C\CC/C=C(\C)CC/C=C(\C)OCCC(C)C)CC/C=C(\C)CC[C@@H]1OC1(C)C. The smallest absolute Gasteiger partial charge is 0.0892 e. The van der Waals surface area contributed by atoms with Crippen LogP contribution in [0.3, 0.4) is 0 Å². The fourth-order valence-electron chi connectivity index (χ4n) is 3.63. The molecular formula is C29H50O2. The molecule has 2 nitrogen and oxygen atoms in total. The van der Waals surface area contributed by atoms with Crippen molar-refractivity contribution in [2.75, 3.05) is 6.61 Å². The Hall–Kier alpha value is -1.28. The normalized spacial score (nSPS) is 19.8. The van der Waals surface area contributed by atoms with E-state index in [1.54, 1.807) is 0 Å². The Morgan fingerprint density at radius 3 is 1.81 bits per heavy atom. The number of epoxide rings is 1. The Morgan fingerprint density at radius 2 is 1.29 bits per heavy atom. The van der Waals surface area contributed by atoms with Crippen molar-refractivity contribution in [2.45, 2.75) is 125 Å². The number of hydrogen-bond acceptors (Lipinski definition) is 2. The van der Waals surface area contributed by atoms with E-state index in [0.29, 0.717) is 12.0 Å². The van der Waals surface area contributed by atoms with E-state index in [1.807, 2.05) is 0 Å². The van der Waals surface area contributed by atoms with Crippen LogP contribution in [-0.2, 0) is 9.47 Å². The van der Waals surface area contributed by atoms with Gasteiger partial charge in [-0.25, -0.2) is 0 Å². The van der Waals surface area contributed by atoms with E-state index in [4.69, 9.17) is 9.47 Å². The van der Waals surface area contributed by atoms with Crippen LogP contribution in [0.4, 0.5) is 0 Å². The second kappa shape index (κ2) is 14.7. The summed E-state index contributed by atoms with van der Waals surface area (Å²) in [5.74, 6) is 1.78. The molecule has 0 radical (unpaired) electrons. The molecule has 0 aromatic carbocycles. The summed E-state index contributed by atoms with van der Waals surface area (Å²) in [6.45, 7) is 18.5. The van der Waals surface area contributed by atoms with Crippen molar-refractivity contribution in [3.05, 3.63) is 46.8 Å². The van der Waals surface area contributed by atoms with Crippen molar-refractivity contribution in [3.8, 4) is 0 Å². The van der Waals surface area contributed by atoms with Gasteiger partial charge in [0.1, 0.15) is 0 Å². The summed E-state index contributed by atoms with van der Waals surface area (Å²) in [6.07, 6.45) is 20.2. The van der Waals surface area contributed by atoms with Crippen LogP contribution in [0.1, 0.15) is 113 Å². The van der Waals surface area contributed by atoms with Gasteiger partial charge in [-0.3, -0.25) is 0 Å². The lowest BCUT2D eigenvalue weighted by atomic mass is 10.0. The van der Waals surface area contributed by atoms with Crippen LogP contribution < -0.4 is 0 Å². The standard InChI is InChI=1S/C29H50O2/c1-23(2)21-22-30-27(6)18-12-17-25(4)14-10-9-13-24(3)15-11-16-26(5)19-20-28-29(7,8)31-28/h13-14,16,18,23,28H,9-12,15,17,19-22H2,1-8H3/b24-13+,25-14+,26-16+,27-18+/t28-/m0/s1. The van der Waals surface area contributed by atoms with Gasteiger partial charge in [-0.15, -0.1) is 0 Å². The van der Waals surface area contributed by atoms with E-state index in [2.05, 4.69) is 79.7 Å². The Balaban J connectivity index is 2.14. The van der Waals surface area contributed by atoms with Gasteiger partial charge >= 0.3 is 0 Å². The van der Waals surface area contributed by atoms with E-state index >= 15 is 0 Å². The molecule has 31 heavy (non-hydrogen) atoms. The van der Waals surface area contributed by atoms with Crippen molar-refractivity contribution >= 4 is 0 Å². The quantitative estimate of drug-likeness (QED) is 0.105. The molecule has 1 fully saturated rings. The van der Waals surface area contributed by atoms with Crippen LogP contribution in [0.2, 0.25) is 0 Å². The summed E-state index contributed by atoms with van der Waals surface area (Å²) in [4.78, 5) is 0. The zero-order valence-corrected chi connectivity index (χ0v) is 21.9. The topological polar surface area (TPSA) is 21.8 Å². The monoisotopic (exact) mass is 430 g/mol. The van der Waals surface area contributed by atoms with Crippen LogP contribution >= 0.6 is 0 Å². The first-order valence-electron chi connectivity index (χ1n) is 12.5. The van der Waals surface area contributed by atoms with E-state index in [9.17, 15) is 0 Å². The van der Waals surface area contributed by atoms with E-state index in [0.717, 1.165) is 57.3 Å². The molecule has 0 N–H and O–H groups in total. The number of ether oxygens (including phenoxy) is 2. The van der Waals surface area contributed by atoms with Gasteiger partial charge in [0.05, 0.1) is 24.1 Å². The first kappa shape index (κ1) is 27.8. The molecule has 0 saturated carbocycles. The van der Waals surface area contributed by atoms with E-state index in [-0.39, 0.29) is 5.60 Å². The van der Waals surface area contributed by atoms with Crippen LogP contribution in [0.15, 0.2) is 46.8 Å². The molecule has 0 aromatic rings. The fourth-order valence-corrected chi connectivity index (χ4v) is 3.63. The Morgan fingerprint density at radius 1 is 0.806 bits per heavy atom. The summed E-state index contributed by atoms with van der Waals surface area (Å²) in [5.41, 5.74) is 4.63. The predicted octanol–water partition coefficient (Wildman–Crippen LogP) is 9.09. The van der Waals surface area contributed by atoms with Gasteiger partial charge in [-0.1, -0.05) is 48.8 Å². The van der Waals surface area contributed by atoms with Gasteiger partial charge in [0.2, 0.25) is 0 Å². The zero-order valence-electron chi connectivity index (χ0n) is 21.9. The van der Waals surface area contributed by atoms with Crippen LogP contribution in [0, 0.1) is 5.92 Å². The Labute approximate surface area is 193 Å². The first-order chi connectivity index (χ1) is 14.6. The lowest BCUT2D eigenvalue weighted by Gasteiger charge is -2.08. The highest BCUT2D eigenvalue weighted by Crippen LogP contribution is 2.38. The molecule has 2 heteroatoms. The third-order valence-corrected chi connectivity index (χ3v) is 6.14. The molecule has 1 heterocycles. The summed E-state index contributed by atoms with van der Waals surface area (Å²) in [7, 11) is 0. The van der Waals surface area contributed by atoms with Gasteiger partial charge in [0.15, 0.2) is 0 Å². The predicted molar refractivity (Wildman–Crippen MR) is 136 cm³/mol. The van der Waals surface area contributed by atoms with Crippen molar-refractivity contribution < 1.29 is 9.47 Å². The highest BCUT2D eigenvalue weighted by atomic mass is 16.6. The molecule has 0 unspecified atom stereocenters. The summed E-state index contributed by atoms with van der Waals surface area (Å²) in [6, 6.07) is 0. The molecule has 0 amide bonds. The maximum atomic E-state index is 5.77. The van der Waals surface area contributed by atoms with Gasteiger partial charge < -0.3 is 9.47 Å². The van der Waals surface area contributed by atoms with Crippen LogP contribution in [0.5, 0.6) is 0 Å². The molecule has 1 aliphatic rings. The van der Waals surface area contributed by atoms with Crippen LogP contribution in [-0.4, -0.2) is 18.3 Å². The minimum atomic E-state index is 0.129. The molecule has 0 bridgehead atoms. The highest BCUT2D eigenvalue weighted by Gasteiger charge is 2.46. The third-order valence-electron chi connectivity index (χ3n) is 6.14. The minimum Gasteiger partial charge on any atom is -0.499 e. The molecule has 178 valence electrons. The van der Waals surface area contributed by atoms with Gasteiger partial charge in [0, 0.05) is 0 Å². The largest absolute Gasteiger partial charge is 0.499 e. The number of unbranched alkanes of at least 4 members (excludes halogenated alkanes) is 1. The lowest BCUT2D eigenvalue weighted by Crippen LogP contribution is -2.02. The lowest BCUT2D eigenvalue weighted by molar-refractivity contribution is 0.196. The summed E-state index contributed by atoms with van der Waals surface area (Å²) < 4.78 is 11.4. The molecule has 1 atom stereocenters. The summed E-state index contributed by atoms with van der Waals surface area (Å²) >= 11 is 0. The van der Waals surface area contributed by atoms with Crippen molar-refractivity contribution in [2.24, 2.45) is 5.92 Å². The Bertz CT molecular complexity index is 631. The van der Waals surface area contributed by atoms with Crippen LogP contribution in [0.25, 0.3) is 0 Å². The molecule has 0 aliphatic carbocycles. The number of hydrogen-bond donors (Lipinski definition) is 0. The van der Waals surface area contributed by atoms with Crippen molar-refractivity contribution in [1.29, 1.82) is 0 Å². The van der Waals surface area contributed by atoms with Crippen molar-refractivity contribution in [3.63, 3.8) is 0 Å². The van der Waals surface area contributed by atoms with Gasteiger partial charge in [-0.05, 0) is 111 Å². The van der Waals surface area contributed by atoms with Gasteiger partial charge in [0.25, 0.3) is 0 Å². The number of rotatable bonds is 16. The molecule has 0 aromatic heterocycles. The molecular weight excluding hydrogens is 380 g/mol. The molecule has 1 rings (SSSR count). The van der Waals surface area contributed by atoms with Gasteiger partial charge in [-0.2, -0.15) is 0 Å². The fraction of sp³-hybridized carbons (Fsp3) is 0.724. The average molecular weight is 431 g/mol. The Kier molecular flexibility index (Phi) is 13.2. The molecule has 0 spiro atoms. The zero-order chi connectivity index (χ0) is 23.3. The maximum Gasteiger partial charge on any atom is 0.0892 e. The first-order valence-corrected chi connectivity index (χ1v) is 12.5. The van der Waals surface area contributed by atoms with Crippen molar-refractivity contribution in [1.82, 2.24) is 0 Å². The minimum absolute atomic E-state index is 0.129. The van der Waals surface area contributed by atoms with E-state index < -0.39 is 0 Å². The average Bonchev–Trinajstić information content (AvgIpc) is 3.30. The molecule has 1 aliphatic heterocycles. The second-order valence-electron chi connectivity index (χ2n) is 10.4. The van der Waals surface area contributed by atoms with E-state index in [1.165, 1.54) is 29.6 Å². The summed E-state index contributed by atoms with van der Waals surface area (Å²) in [5, 5.41) is 0. The second-order valence-corrected chi connectivity index (χ2v) is 10.4. The highest BCUT2D eigenvalue weighted by molar-refractivity contribution is 5.07.